The number of carbonyl (C=O) groups excluding carboxylic acids is 3. The number of aryl methyl sites for hydroxylation is 2. The molecular weight excluding hydrogens is 473 g/mol. The molecule has 172 valence electrons. The van der Waals surface area contributed by atoms with Crippen molar-refractivity contribution in [2.75, 3.05) is 10.6 Å². The van der Waals surface area contributed by atoms with Crippen LogP contribution in [-0.4, -0.2) is 22.6 Å². The first-order chi connectivity index (χ1) is 16.2. The Morgan fingerprint density at radius 1 is 0.882 bits per heavy atom. The zero-order chi connectivity index (χ0) is 24.4. The predicted molar refractivity (Wildman–Crippen MR) is 134 cm³/mol. The number of hydrogen-bond donors (Lipinski definition) is 2. The first-order valence-electron chi connectivity index (χ1n) is 10.5. The minimum absolute atomic E-state index is 0.0198. The van der Waals surface area contributed by atoms with Crippen LogP contribution in [0.5, 0.6) is 0 Å². The van der Waals surface area contributed by atoms with Gasteiger partial charge in [0.25, 0.3) is 17.7 Å². The summed E-state index contributed by atoms with van der Waals surface area (Å²) < 4.78 is 0. The fourth-order valence-electron chi connectivity index (χ4n) is 3.47. The summed E-state index contributed by atoms with van der Waals surface area (Å²) in [7, 11) is 0. The van der Waals surface area contributed by atoms with E-state index in [0.29, 0.717) is 22.0 Å². The zero-order valence-corrected chi connectivity index (χ0v) is 20.0. The minimum atomic E-state index is -0.569. The molecule has 0 atom stereocenters. The van der Waals surface area contributed by atoms with E-state index >= 15 is 0 Å². The van der Waals surface area contributed by atoms with Crippen molar-refractivity contribution < 1.29 is 14.4 Å². The van der Waals surface area contributed by atoms with Gasteiger partial charge < -0.3 is 10.6 Å². The van der Waals surface area contributed by atoms with E-state index in [0.717, 1.165) is 21.6 Å². The summed E-state index contributed by atoms with van der Waals surface area (Å²) in [4.78, 5) is 39.5. The Morgan fingerprint density at radius 3 is 2.29 bits per heavy atom. The Balaban J connectivity index is 1.53. The summed E-state index contributed by atoms with van der Waals surface area (Å²) in [6, 6.07) is 19.5. The van der Waals surface area contributed by atoms with Gasteiger partial charge in [0.05, 0.1) is 6.54 Å². The van der Waals surface area contributed by atoms with Gasteiger partial charge in [-0.05, 0) is 54.8 Å². The van der Waals surface area contributed by atoms with Gasteiger partial charge in [-0.2, -0.15) is 0 Å². The van der Waals surface area contributed by atoms with Crippen LogP contribution in [0.2, 0.25) is 5.02 Å². The Morgan fingerprint density at radius 2 is 1.59 bits per heavy atom. The van der Waals surface area contributed by atoms with Crippen molar-refractivity contribution in [3.8, 4) is 0 Å². The van der Waals surface area contributed by atoms with Crippen LogP contribution in [0, 0.1) is 13.8 Å². The Kier molecular flexibility index (Phi) is 6.72. The van der Waals surface area contributed by atoms with E-state index in [4.69, 9.17) is 23.2 Å². The van der Waals surface area contributed by atoms with Crippen molar-refractivity contribution >= 4 is 52.3 Å². The number of amides is 3. The molecule has 0 radical (unpaired) electrons. The third-order valence-corrected chi connectivity index (χ3v) is 6.24. The SMILES string of the molecule is Cc1ccc(NC(=O)c2ccc(C)c(NC3=C(Cl)C(=O)N(Cc4ccccc4)C3=O)c2)cc1Cl. The minimum Gasteiger partial charge on any atom is -0.349 e. The average molecular weight is 494 g/mol. The van der Waals surface area contributed by atoms with Gasteiger partial charge >= 0.3 is 0 Å². The lowest BCUT2D eigenvalue weighted by molar-refractivity contribution is -0.138. The molecule has 3 aromatic rings. The second-order valence-electron chi connectivity index (χ2n) is 7.94. The molecule has 0 saturated heterocycles. The first kappa shape index (κ1) is 23.5. The highest BCUT2D eigenvalue weighted by Crippen LogP contribution is 2.29. The van der Waals surface area contributed by atoms with Gasteiger partial charge in [0, 0.05) is 22.0 Å². The molecule has 1 aliphatic heterocycles. The summed E-state index contributed by atoms with van der Waals surface area (Å²) >= 11 is 12.4. The largest absolute Gasteiger partial charge is 0.349 e. The summed E-state index contributed by atoms with van der Waals surface area (Å²) in [5.74, 6) is -1.44. The number of imide groups is 1. The maximum Gasteiger partial charge on any atom is 0.279 e. The molecule has 6 nitrogen and oxygen atoms in total. The summed E-state index contributed by atoms with van der Waals surface area (Å²) in [6.07, 6.45) is 0. The number of anilines is 2. The van der Waals surface area contributed by atoms with Crippen molar-refractivity contribution in [1.29, 1.82) is 0 Å². The van der Waals surface area contributed by atoms with Gasteiger partial charge in [-0.1, -0.05) is 65.7 Å². The average Bonchev–Trinajstić information content (AvgIpc) is 3.01. The molecule has 8 heteroatoms. The van der Waals surface area contributed by atoms with Crippen LogP contribution in [0.15, 0.2) is 77.5 Å². The standard InChI is InChI=1S/C26H21Cl2N3O3/c1-15-9-11-19(13-20(15)27)29-24(32)18-10-8-16(2)21(12-18)30-23-22(28)25(33)31(26(23)34)14-17-6-4-3-5-7-17/h3-13,30H,14H2,1-2H3,(H,29,32). The summed E-state index contributed by atoms with van der Waals surface area (Å²) in [5.41, 5.74) is 3.88. The summed E-state index contributed by atoms with van der Waals surface area (Å²) in [5, 5.41) is 6.13. The second-order valence-corrected chi connectivity index (χ2v) is 8.73. The highest BCUT2D eigenvalue weighted by atomic mass is 35.5. The second kappa shape index (κ2) is 9.71. The van der Waals surface area contributed by atoms with Crippen LogP contribution < -0.4 is 10.6 Å². The summed E-state index contributed by atoms with van der Waals surface area (Å²) in [6.45, 7) is 3.81. The van der Waals surface area contributed by atoms with Crippen molar-refractivity contribution in [3.05, 3.63) is 105 Å². The predicted octanol–water partition coefficient (Wildman–Crippen LogP) is 5.64. The highest BCUT2D eigenvalue weighted by molar-refractivity contribution is 6.48. The van der Waals surface area contributed by atoms with Gasteiger partial charge in [-0.3, -0.25) is 19.3 Å². The number of hydrogen-bond acceptors (Lipinski definition) is 4. The van der Waals surface area contributed by atoms with Gasteiger partial charge in [0.2, 0.25) is 0 Å². The van der Waals surface area contributed by atoms with Crippen LogP contribution in [0.4, 0.5) is 11.4 Å². The first-order valence-corrected chi connectivity index (χ1v) is 11.3. The third-order valence-electron chi connectivity index (χ3n) is 5.48. The van der Waals surface area contributed by atoms with Crippen molar-refractivity contribution in [2.45, 2.75) is 20.4 Å². The van der Waals surface area contributed by atoms with E-state index in [1.807, 2.05) is 50.2 Å². The maximum atomic E-state index is 13.0. The molecule has 34 heavy (non-hydrogen) atoms. The molecule has 0 fully saturated rings. The Labute approximate surface area is 207 Å². The molecule has 3 amide bonds. The molecule has 0 saturated carbocycles. The van der Waals surface area contributed by atoms with E-state index in [1.54, 1.807) is 30.3 Å². The number of rotatable bonds is 6. The van der Waals surface area contributed by atoms with Crippen molar-refractivity contribution in [1.82, 2.24) is 4.90 Å². The van der Waals surface area contributed by atoms with E-state index in [2.05, 4.69) is 10.6 Å². The van der Waals surface area contributed by atoms with Gasteiger partial charge in [-0.25, -0.2) is 0 Å². The Hall–Kier alpha value is -3.61. The zero-order valence-electron chi connectivity index (χ0n) is 18.5. The lowest BCUT2D eigenvalue weighted by atomic mass is 10.1. The Bertz CT molecular complexity index is 1340. The third kappa shape index (κ3) is 4.83. The smallest absolute Gasteiger partial charge is 0.279 e. The number of benzene rings is 3. The monoisotopic (exact) mass is 493 g/mol. The number of nitrogens with one attached hydrogen (secondary N) is 2. The molecule has 1 aliphatic rings. The fraction of sp³-hybridized carbons (Fsp3) is 0.115. The van der Waals surface area contributed by atoms with Gasteiger partial charge in [0.15, 0.2) is 0 Å². The van der Waals surface area contributed by atoms with Crippen molar-refractivity contribution in [2.24, 2.45) is 0 Å². The quantitative estimate of drug-likeness (QED) is 0.435. The van der Waals surface area contributed by atoms with E-state index in [-0.39, 0.29) is 23.2 Å². The molecule has 3 aromatic carbocycles. The fourth-order valence-corrected chi connectivity index (χ4v) is 3.88. The number of halogens is 2. The van der Waals surface area contributed by atoms with Gasteiger partial charge in [0.1, 0.15) is 10.7 Å². The normalized spacial score (nSPS) is 13.5. The van der Waals surface area contributed by atoms with Crippen LogP contribution >= 0.6 is 23.2 Å². The molecule has 0 aromatic heterocycles. The molecule has 0 bridgehead atoms. The van der Waals surface area contributed by atoms with E-state index < -0.39 is 11.8 Å². The van der Waals surface area contributed by atoms with Crippen LogP contribution in [0.1, 0.15) is 27.0 Å². The number of carbonyl (C=O) groups is 3. The highest BCUT2D eigenvalue weighted by Gasteiger charge is 2.38. The molecule has 2 N–H and O–H groups in total. The molecular formula is C26H21Cl2N3O3. The molecule has 0 unspecified atom stereocenters. The van der Waals surface area contributed by atoms with Crippen LogP contribution in [0.3, 0.4) is 0 Å². The lowest BCUT2D eigenvalue weighted by Crippen LogP contribution is -2.31. The molecule has 1 heterocycles. The van der Waals surface area contributed by atoms with Gasteiger partial charge in [-0.15, -0.1) is 0 Å². The molecule has 0 spiro atoms. The maximum absolute atomic E-state index is 13.0. The molecule has 4 rings (SSSR count). The molecule has 0 aliphatic carbocycles. The lowest BCUT2D eigenvalue weighted by Gasteiger charge is -2.16. The van der Waals surface area contributed by atoms with Crippen LogP contribution in [0.25, 0.3) is 0 Å². The number of nitrogens with zero attached hydrogens (tertiary/aromatic N) is 1. The van der Waals surface area contributed by atoms with E-state index in [9.17, 15) is 14.4 Å². The van der Waals surface area contributed by atoms with Crippen LogP contribution in [-0.2, 0) is 16.1 Å². The topological polar surface area (TPSA) is 78.5 Å². The van der Waals surface area contributed by atoms with E-state index in [1.165, 1.54) is 0 Å². The van der Waals surface area contributed by atoms with Crippen molar-refractivity contribution in [3.63, 3.8) is 0 Å².